The monoisotopic (exact) mass is 485 g/mol. The lowest BCUT2D eigenvalue weighted by Crippen LogP contribution is -2.25. The molecule has 8 nitrogen and oxygen atoms in total. The topological polar surface area (TPSA) is 99.5 Å². The van der Waals surface area contributed by atoms with Crippen LogP contribution in [0.15, 0.2) is 10.7 Å². The first-order valence-corrected chi connectivity index (χ1v) is 10.8. The van der Waals surface area contributed by atoms with Gasteiger partial charge < -0.3 is 14.8 Å². The van der Waals surface area contributed by atoms with Crippen molar-refractivity contribution in [3.05, 3.63) is 32.4 Å². The molecule has 10 heteroatoms. The van der Waals surface area contributed by atoms with E-state index >= 15 is 0 Å². The van der Waals surface area contributed by atoms with Crippen molar-refractivity contribution < 1.29 is 23.9 Å². The number of hydrogen-bond acceptors (Lipinski definition) is 7. The second-order valence-electron chi connectivity index (χ2n) is 6.30. The molecule has 0 radical (unpaired) electrons. The van der Waals surface area contributed by atoms with Crippen LogP contribution in [0.2, 0.25) is 0 Å². The molecule has 0 aromatic carbocycles. The van der Waals surface area contributed by atoms with Crippen LogP contribution in [-0.2, 0) is 14.3 Å². The van der Waals surface area contributed by atoms with Gasteiger partial charge in [-0.15, -0.1) is 11.3 Å². The first kappa shape index (κ1) is 23.1. The number of halogens is 1. The van der Waals surface area contributed by atoms with Gasteiger partial charge in [-0.1, -0.05) is 6.92 Å². The summed E-state index contributed by atoms with van der Waals surface area (Å²) in [4.78, 5) is 37.9. The summed E-state index contributed by atoms with van der Waals surface area (Å²) in [5, 5.41) is 7.21. The van der Waals surface area contributed by atoms with Gasteiger partial charge in [0.05, 0.1) is 35.1 Å². The molecule has 2 aromatic heterocycles. The summed E-state index contributed by atoms with van der Waals surface area (Å²) in [6.07, 6.45) is 2.27. The lowest BCUT2D eigenvalue weighted by Gasteiger charge is -2.14. The van der Waals surface area contributed by atoms with Crippen LogP contribution < -0.4 is 5.32 Å². The van der Waals surface area contributed by atoms with Crippen molar-refractivity contribution in [3.63, 3.8) is 0 Å². The number of aromatic nitrogens is 2. The lowest BCUT2D eigenvalue weighted by atomic mass is 10.1. The SMILES string of the molecule is CCCOC(=O)c1c(NC(=O)C(C)n2ncc(Br)c2C)sc(C(=O)OCC)c1C. The van der Waals surface area contributed by atoms with Gasteiger partial charge in [0.25, 0.3) is 0 Å². The molecule has 0 aliphatic rings. The number of carbonyl (C=O) groups excluding carboxylic acids is 3. The van der Waals surface area contributed by atoms with Crippen molar-refractivity contribution in [2.45, 2.75) is 47.1 Å². The van der Waals surface area contributed by atoms with E-state index in [4.69, 9.17) is 9.47 Å². The maximum Gasteiger partial charge on any atom is 0.348 e. The van der Waals surface area contributed by atoms with Crippen LogP contribution in [0.3, 0.4) is 0 Å². The van der Waals surface area contributed by atoms with E-state index in [1.165, 1.54) is 0 Å². The number of hydrogen-bond donors (Lipinski definition) is 1. The van der Waals surface area contributed by atoms with Gasteiger partial charge in [-0.25, -0.2) is 9.59 Å². The minimum Gasteiger partial charge on any atom is -0.462 e. The molecule has 0 bridgehead atoms. The molecule has 158 valence electrons. The minimum absolute atomic E-state index is 0.172. The average molecular weight is 486 g/mol. The van der Waals surface area contributed by atoms with Gasteiger partial charge in [-0.05, 0) is 55.6 Å². The predicted octanol–water partition coefficient (Wildman–Crippen LogP) is 4.27. The molecule has 2 heterocycles. The summed E-state index contributed by atoms with van der Waals surface area (Å²) < 4.78 is 12.7. The van der Waals surface area contributed by atoms with Gasteiger partial charge in [0.2, 0.25) is 5.91 Å². The Balaban J connectivity index is 2.37. The van der Waals surface area contributed by atoms with Crippen molar-refractivity contribution in [2.75, 3.05) is 18.5 Å². The molecule has 0 aliphatic carbocycles. The summed E-state index contributed by atoms with van der Waals surface area (Å²) in [5.74, 6) is -1.50. The zero-order valence-electron chi connectivity index (χ0n) is 17.0. The Morgan fingerprint density at radius 2 is 1.93 bits per heavy atom. The fourth-order valence-electron chi connectivity index (χ4n) is 2.63. The van der Waals surface area contributed by atoms with Crippen LogP contribution in [0.1, 0.15) is 64.5 Å². The third-order valence-corrected chi connectivity index (χ3v) is 6.18. The smallest absolute Gasteiger partial charge is 0.348 e. The Labute approximate surface area is 181 Å². The van der Waals surface area contributed by atoms with E-state index in [-0.39, 0.29) is 34.6 Å². The third-order valence-electron chi connectivity index (χ3n) is 4.22. The Hall–Kier alpha value is -2.20. The molecule has 2 rings (SSSR count). The average Bonchev–Trinajstić information content (AvgIpc) is 3.18. The zero-order valence-corrected chi connectivity index (χ0v) is 19.4. The molecule has 0 fully saturated rings. The van der Waals surface area contributed by atoms with E-state index in [9.17, 15) is 14.4 Å². The highest BCUT2D eigenvalue weighted by Crippen LogP contribution is 2.35. The number of rotatable bonds is 8. The number of esters is 2. The van der Waals surface area contributed by atoms with Crippen molar-refractivity contribution in [1.29, 1.82) is 0 Å². The Bertz CT molecular complexity index is 921. The van der Waals surface area contributed by atoms with E-state index in [2.05, 4.69) is 26.3 Å². The van der Waals surface area contributed by atoms with Gasteiger partial charge in [-0.2, -0.15) is 5.10 Å². The van der Waals surface area contributed by atoms with Gasteiger partial charge >= 0.3 is 11.9 Å². The molecule has 1 unspecified atom stereocenters. The second kappa shape index (κ2) is 10.0. The summed E-state index contributed by atoms with van der Waals surface area (Å²) >= 11 is 4.37. The van der Waals surface area contributed by atoms with E-state index in [1.54, 1.807) is 31.6 Å². The van der Waals surface area contributed by atoms with Gasteiger partial charge in [-0.3, -0.25) is 9.48 Å². The van der Waals surface area contributed by atoms with Gasteiger partial charge in [0, 0.05) is 0 Å². The lowest BCUT2D eigenvalue weighted by molar-refractivity contribution is -0.119. The standard InChI is InChI=1S/C19H24BrN3O5S/c1-6-8-28-18(25)14-10(3)15(19(26)27-7-2)29-17(14)22-16(24)12(5)23-11(4)13(20)9-21-23/h9,12H,6-8H2,1-5H3,(H,22,24). The predicted molar refractivity (Wildman–Crippen MR) is 114 cm³/mol. The number of nitrogens with zero attached hydrogens (tertiary/aromatic N) is 2. The first-order valence-electron chi connectivity index (χ1n) is 9.20. The summed E-state index contributed by atoms with van der Waals surface area (Å²) in [5.41, 5.74) is 1.39. The Morgan fingerprint density at radius 3 is 2.48 bits per heavy atom. The highest BCUT2D eigenvalue weighted by atomic mass is 79.9. The first-order chi connectivity index (χ1) is 13.7. The van der Waals surface area contributed by atoms with E-state index in [1.807, 2.05) is 13.8 Å². The number of thiophene rings is 1. The number of carbonyl (C=O) groups is 3. The maximum absolute atomic E-state index is 12.8. The highest BCUT2D eigenvalue weighted by molar-refractivity contribution is 9.10. The van der Waals surface area contributed by atoms with Crippen molar-refractivity contribution >= 4 is 50.1 Å². The number of amides is 1. The third kappa shape index (κ3) is 5.05. The minimum atomic E-state index is -0.630. The van der Waals surface area contributed by atoms with Crippen molar-refractivity contribution in [1.82, 2.24) is 9.78 Å². The largest absolute Gasteiger partial charge is 0.462 e. The van der Waals surface area contributed by atoms with Crippen LogP contribution in [0.25, 0.3) is 0 Å². The number of anilines is 1. The molecule has 0 spiro atoms. The Morgan fingerprint density at radius 1 is 1.24 bits per heavy atom. The van der Waals surface area contributed by atoms with Gasteiger partial charge in [0.15, 0.2) is 0 Å². The molecular weight excluding hydrogens is 462 g/mol. The van der Waals surface area contributed by atoms with Crippen molar-refractivity contribution in [3.8, 4) is 0 Å². The van der Waals surface area contributed by atoms with Gasteiger partial charge in [0.1, 0.15) is 15.9 Å². The maximum atomic E-state index is 12.8. The normalized spacial score (nSPS) is 11.8. The molecule has 1 N–H and O–H groups in total. The van der Waals surface area contributed by atoms with E-state index in [0.29, 0.717) is 12.0 Å². The van der Waals surface area contributed by atoms with Crippen LogP contribution in [0.4, 0.5) is 5.00 Å². The highest BCUT2D eigenvalue weighted by Gasteiger charge is 2.29. The molecule has 0 aliphatic heterocycles. The summed E-state index contributed by atoms with van der Waals surface area (Å²) in [6, 6.07) is -0.630. The fraction of sp³-hybridized carbons (Fsp3) is 0.474. The molecule has 0 saturated carbocycles. The van der Waals surface area contributed by atoms with Crippen LogP contribution in [0, 0.1) is 13.8 Å². The Kier molecular flexibility index (Phi) is 7.97. The summed E-state index contributed by atoms with van der Waals surface area (Å²) in [6.45, 7) is 9.20. The van der Waals surface area contributed by atoms with E-state index in [0.717, 1.165) is 21.5 Å². The van der Waals surface area contributed by atoms with Crippen molar-refractivity contribution in [2.24, 2.45) is 0 Å². The molecule has 2 aromatic rings. The second-order valence-corrected chi connectivity index (χ2v) is 8.18. The molecule has 29 heavy (non-hydrogen) atoms. The van der Waals surface area contributed by atoms with E-state index < -0.39 is 18.0 Å². The molecule has 1 amide bonds. The summed E-state index contributed by atoms with van der Waals surface area (Å²) in [7, 11) is 0. The number of ether oxygens (including phenoxy) is 2. The number of nitrogens with one attached hydrogen (secondary N) is 1. The van der Waals surface area contributed by atoms with Crippen LogP contribution in [0.5, 0.6) is 0 Å². The van der Waals surface area contributed by atoms with Crippen LogP contribution >= 0.6 is 27.3 Å². The quantitative estimate of drug-likeness (QED) is 0.560. The molecule has 0 saturated heterocycles. The molecular formula is C19H24BrN3O5S. The molecule has 1 atom stereocenters. The zero-order chi connectivity index (χ0) is 21.7. The fourth-order valence-corrected chi connectivity index (χ4v) is 3.99. The van der Waals surface area contributed by atoms with Crippen LogP contribution in [-0.4, -0.2) is 40.8 Å².